The van der Waals surface area contributed by atoms with Crippen molar-refractivity contribution in [2.24, 2.45) is 0 Å². The number of rotatable bonds is 6. The zero-order valence-corrected chi connectivity index (χ0v) is 14.2. The van der Waals surface area contributed by atoms with Crippen LogP contribution in [0, 0.1) is 0 Å². The third kappa shape index (κ3) is 4.00. The first-order valence-electron chi connectivity index (χ1n) is 7.35. The molecule has 0 aliphatic rings. The number of aromatic nitrogens is 5. The van der Waals surface area contributed by atoms with E-state index in [1.54, 1.807) is 29.4 Å². The molecular weight excluding hydrogens is 326 g/mol. The minimum atomic E-state index is -0.222. The molecule has 0 saturated carbocycles. The van der Waals surface area contributed by atoms with E-state index in [1.165, 1.54) is 11.3 Å². The van der Waals surface area contributed by atoms with Crippen molar-refractivity contribution in [1.82, 2.24) is 29.9 Å². The highest BCUT2D eigenvalue weighted by Gasteiger charge is 2.11. The van der Waals surface area contributed by atoms with Gasteiger partial charge in [0, 0.05) is 24.2 Å². The Kier molecular flexibility index (Phi) is 4.92. The van der Waals surface area contributed by atoms with Gasteiger partial charge in [0.1, 0.15) is 17.7 Å². The third-order valence-corrected chi connectivity index (χ3v) is 4.18. The van der Waals surface area contributed by atoms with Gasteiger partial charge in [0.15, 0.2) is 0 Å². The topological polar surface area (TPSA) is 88.8 Å². The Morgan fingerprint density at radius 2 is 2.04 bits per heavy atom. The van der Waals surface area contributed by atoms with E-state index in [1.807, 2.05) is 26.2 Å². The van der Waals surface area contributed by atoms with Crippen LogP contribution in [0.3, 0.4) is 0 Å². The van der Waals surface area contributed by atoms with Gasteiger partial charge in [-0.15, -0.1) is 20.4 Å². The van der Waals surface area contributed by atoms with Crippen LogP contribution in [-0.4, -0.2) is 56.4 Å². The summed E-state index contributed by atoms with van der Waals surface area (Å²) in [7, 11) is 4.01. The van der Waals surface area contributed by atoms with Crippen molar-refractivity contribution in [3.8, 4) is 5.69 Å². The molecule has 3 aromatic rings. The van der Waals surface area contributed by atoms with Gasteiger partial charge in [-0.05, 0) is 32.3 Å². The van der Waals surface area contributed by atoms with E-state index < -0.39 is 0 Å². The fraction of sp³-hybridized carbons (Fsp3) is 0.267. The zero-order chi connectivity index (χ0) is 16.9. The van der Waals surface area contributed by atoms with Crippen molar-refractivity contribution in [2.45, 2.75) is 6.42 Å². The zero-order valence-electron chi connectivity index (χ0n) is 13.4. The molecule has 0 aliphatic heterocycles. The van der Waals surface area contributed by atoms with Crippen LogP contribution in [0.15, 0.2) is 36.9 Å². The Labute approximate surface area is 143 Å². The van der Waals surface area contributed by atoms with Gasteiger partial charge in [0.05, 0.1) is 0 Å². The number of anilines is 1. The highest BCUT2D eigenvalue weighted by Crippen LogP contribution is 2.17. The van der Waals surface area contributed by atoms with Crippen molar-refractivity contribution in [2.75, 3.05) is 26.0 Å². The molecule has 3 rings (SSSR count). The average Bonchev–Trinajstić information content (AvgIpc) is 3.25. The lowest BCUT2D eigenvalue weighted by molar-refractivity contribution is 0.102. The highest BCUT2D eigenvalue weighted by atomic mass is 32.1. The lowest BCUT2D eigenvalue weighted by atomic mass is 10.2. The van der Waals surface area contributed by atoms with Crippen LogP contribution in [0.4, 0.5) is 5.13 Å². The largest absolute Gasteiger partial charge is 0.309 e. The van der Waals surface area contributed by atoms with Gasteiger partial charge in [-0.25, -0.2) is 0 Å². The number of amides is 1. The van der Waals surface area contributed by atoms with Crippen molar-refractivity contribution >= 4 is 22.4 Å². The molecule has 9 heteroatoms. The maximum absolute atomic E-state index is 12.4. The Balaban J connectivity index is 1.68. The molecule has 2 aromatic heterocycles. The summed E-state index contributed by atoms with van der Waals surface area (Å²) in [5, 5.41) is 19.8. The van der Waals surface area contributed by atoms with Crippen LogP contribution in [0.2, 0.25) is 0 Å². The van der Waals surface area contributed by atoms with Crippen LogP contribution in [0.25, 0.3) is 5.69 Å². The summed E-state index contributed by atoms with van der Waals surface area (Å²) in [5.74, 6) is -0.222. The first-order chi connectivity index (χ1) is 11.6. The van der Waals surface area contributed by atoms with Crippen molar-refractivity contribution in [1.29, 1.82) is 0 Å². The fourth-order valence-corrected chi connectivity index (χ4v) is 2.76. The summed E-state index contributed by atoms with van der Waals surface area (Å²) < 4.78 is 1.74. The molecule has 1 N–H and O–H groups in total. The number of nitrogens with zero attached hydrogens (tertiary/aromatic N) is 6. The summed E-state index contributed by atoms with van der Waals surface area (Å²) in [4.78, 5) is 14.5. The van der Waals surface area contributed by atoms with Gasteiger partial charge < -0.3 is 4.90 Å². The van der Waals surface area contributed by atoms with Gasteiger partial charge in [-0.1, -0.05) is 17.4 Å². The molecule has 1 amide bonds. The maximum atomic E-state index is 12.4. The molecule has 0 aliphatic carbocycles. The Hall–Kier alpha value is -2.65. The number of benzene rings is 1. The SMILES string of the molecule is CN(C)CCc1nnc(NC(=O)c2cccc(-n3cnnc3)c2)s1. The summed E-state index contributed by atoms with van der Waals surface area (Å²) in [6.45, 7) is 0.892. The third-order valence-electron chi connectivity index (χ3n) is 3.29. The first kappa shape index (κ1) is 16.2. The van der Waals surface area contributed by atoms with Gasteiger partial charge >= 0.3 is 0 Å². The average molecular weight is 343 g/mol. The molecule has 0 atom stereocenters. The van der Waals surface area contributed by atoms with E-state index in [2.05, 4.69) is 30.6 Å². The minimum Gasteiger partial charge on any atom is -0.309 e. The molecule has 8 nitrogen and oxygen atoms in total. The van der Waals surface area contributed by atoms with Crippen molar-refractivity contribution in [3.63, 3.8) is 0 Å². The van der Waals surface area contributed by atoms with E-state index >= 15 is 0 Å². The van der Waals surface area contributed by atoms with Crippen LogP contribution in [0.5, 0.6) is 0 Å². The Morgan fingerprint density at radius 1 is 1.25 bits per heavy atom. The number of carbonyl (C=O) groups is 1. The molecule has 124 valence electrons. The number of carbonyl (C=O) groups excluding carboxylic acids is 1. The molecule has 1 aromatic carbocycles. The normalized spacial score (nSPS) is 11.0. The van der Waals surface area contributed by atoms with E-state index in [-0.39, 0.29) is 5.91 Å². The number of hydrogen-bond acceptors (Lipinski definition) is 7. The molecule has 0 saturated heterocycles. The van der Waals surface area contributed by atoms with Crippen molar-refractivity contribution < 1.29 is 4.79 Å². The number of hydrogen-bond donors (Lipinski definition) is 1. The molecule has 0 radical (unpaired) electrons. The predicted molar refractivity (Wildman–Crippen MR) is 91.5 cm³/mol. The quantitative estimate of drug-likeness (QED) is 0.729. The van der Waals surface area contributed by atoms with E-state index in [0.717, 1.165) is 23.7 Å². The van der Waals surface area contributed by atoms with Gasteiger partial charge in [-0.2, -0.15) is 0 Å². The summed E-state index contributed by atoms with van der Waals surface area (Å²) in [5.41, 5.74) is 1.35. The molecule has 0 bridgehead atoms. The Bertz CT molecular complexity index is 813. The summed E-state index contributed by atoms with van der Waals surface area (Å²) >= 11 is 1.39. The van der Waals surface area contributed by atoms with Crippen LogP contribution in [0.1, 0.15) is 15.4 Å². The van der Waals surface area contributed by atoms with Gasteiger partial charge in [0.2, 0.25) is 5.13 Å². The fourth-order valence-electron chi connectivity index (χ4n) is 2.04. The van der Waals surface area contributed by atoms with Crippen LogP contribution in [-0.2, 0) is 6.42 Å². The second kappa shape index (κ2) is 7.28. The summed E-state index contributed by atoms with van der Waals surface area (Å²) in [6, 6.07) is 7.21. The molecule has 0 unspecified atom stereocenters. The van der Waals surface area contributed by atoms with E-state index in [0.29, 0.717) is 10.7 Å². The molecule has 2 heterocycles. The minimum absolute atomic E-state index is 0.222. The maximum Gasteiger partial charge on any atom is 0.257 e. The predicted octanol–water partition coefficient (Wildman–Crippen LogP) is 1.48. The van der Waals surface area contributed by atoms with E-state index in [4.69, 9.17) is 0 Å². The van der Waals surface area contributed by atoms with Crippen LogP contribution < -0.4 is 5.32 Å². The second-order valence-electron chi connectivity index (χ2n) is 5.43. The van der Waals surface area contributed by atoms with Crippen LogP contribution >= 0.6 is 11.3 Å². The highest BCUT2D eigenvalue weighted by molar-refractivity contribution is 7.15. The number of nitrogens with one attached hydrogen (secondary N) is 1. The first-order valence-corrected chi connectivity index (χ1v) is 8.17. The molecule has 24 heavy (non-hydrogen) atoms. The molecular formula is C15H17N7OS. The number of likely N-dealkylation sites (N-methyl/N-ethyl adjacent to an activating group) is 1. The lowest BCUT2D eigenvalue weighted by Gasteiger charge is -2.06. The molecule has 0 spiro atoms. The second-order valence-corrected chi connectivity index (χ2v) is 6.49. The monoisotopic (exact) mass is 343 g/mol. The smallest absolute Gasteiger partial charge is 0.257 e. The standard InChI is InChI=1S/C15H17N7OS/c1-21(2)7-6-13-19-20-15(24-13)18-14(23)11-4-3-5-12(8-11)22-9-16-17-10-22/h3-5,8-10H,6-7H2,1-2H3,(H,18,20,23). The van der Waals surface area contributed by atoms with Gasteiger partial charge in [0.25, 0.3) is 5.91 Å². The Morgan fingerprint density at radius 3 is 2.79 bits per heavy atom. The molecule has 0 fully saturated rings. The van der Waals surface area contributed by atoms with Gasteiger partial charge in [-0.3, -0.25) is 14.7 Å². The lowest BCUT2D eigenvalue weighted by Crippen LogP contribution is -2.14. The van der Waals surface area contributed by atoms with E-state index in [9.17, 15) is 4.79 Å². The van der Waals surface area contributed by atoms with Crippen molar-refractivity contribution in [3.05, 3.63) is 47.5 Å². The summed E-state index contributed by atoms with van der Waals surface area (Å²) in [6.07, 6.45) is 3.97.